The first-order valence-corrected chi connectivity index (χ1v) is 6.86. The molecule has 1 aliphatic carbocycles. The molecule has 2 rings (SSSR count). The Balaban J connectivity index is 1.68. The van der Waals surface area contributed by atoms with E-state index in [0.29, 0.717) is 5.92 Å². The maximum absolute atomic E-state index is 3.48. The summed E-state index contributed by atoms with van der Waals surface area (Å²) in [6, 6.07) is 0. The van der Waals surface area contributed by atoms with Crippen LogP contribution in [0.2, 0.25) is 0 Å². The fourth-order valence-electron chi connectivity index (χ4n) is 2.67. The highest BCUT2D eigenvalue weighted by atomic mass is 15.1. The summed E-state index contributed by atoms with van der Waals surface area (Å²) in [4.78, 5) is 2.51. The quantitative estimate of drug-likeness (QED) is 0.611. The molecule has 2 aliphatic rings. The van der Waals surface area contributed by atoms with Crippen LogP contribution in [0, 0.1) is 23.7 Å². The van der Waals surface area contributed by atoms with Crippen molar-refractivity contribution in [3.05, 3.63) is 5.92 Å². The van der Waals surface area contributed by atoms with E-state index in [1.54, 1.807) is 5.92 Å². The molecule has 16 heavy (non-hydrogen) atoms. The molecule has 1 nitrogen and oxygen atoms in total. The first-order chi connectivity index (χ1) is 7.84. The van der Waals surface area contributed by atoms with E-state index in [2.05, 4.69) is 23.7 Å². The minimum atomic E-state index is 0.688. The minimum Gasteiger partial charge on any atom is -0.292 e. The second-order valence-corrected chi connectivity index (χ2v) is 5.39. The second-order valence-electron chi connectivity index (χ2n) is 5.39. The molecule has 2 fully saturated rings. The Morgan fingerprint density at radius 2 is 1.81 bits per heavy atom. The molecule has 0 spiro atoms. The van der Waals surface area contributed by atoms with Gasteiger partial charge in [0.05, 0.1) is 6.54 Å². The van der Waals surface area contributed by atoms with Gasteiger partial charge >= 0.3 is 0 Å². The lowest BCUT2D eigenvalue weighted by Gasteiger charge is -2.24. The molecule has 1 heterocycles. The number of hydrogen-bond donors (Lipinski definition) is 0. The van der Waals surface area contributed by atoms with Gasteiger partial charge in [-0.3, -0.25) is 4.90 Å². The van der Waals surface area contributed by atoms with E-state index in [1.807, 2.05) is 0 Å². The van der Waals surface area contributed by atoms with Crippen LogP contribution in [0.3, 0.4) is 0 Å². The number of nitrogens with zero attached hydrogens (tertiary/aromatic N) is 1. The van der Waals surface area contributed by atoms with Crippen molar-refractivity contribution < 1.29 is 0 Å². The van der Waals surface area contributed by atoms with E-state index in [1.165, 1.54) is 58.0 Å². The smallest absolute Gasteiger partial charge is 0.0601 e. The van der Waals surface area contributed by atoms with Gasteiger partial charge in [-0.2, -0.15) is 0 Å². The van der Waals surface area contributed by atoms with Gasteiger partial charge in [-0.1, -0.05) is 25.2 Å². The lowest BCUT2D eigenvalue weighted by atomic mass is 9.83. The molecule has 0 aromatic heterocycles. The van der Waals surface area contributed by atoms with Crippen LogP contribution < -0.4 is 0 Å². The largest absolute Gasteiger partial charge is 0.292 e. The van der Waals surface area contributed by atoms with Gasteiger partial charge < -0.3 is 0 Å². The monoisotopic (exact) mass is 218 g/mol. The summed E-state index contributed by atoms with van der Waals surface area (Å²) in [6.45, 7) is 5.84. The van der Waals surface area contributed by atoms with Crippen molar-refractivity contribution in [1.29, 1.82) is 0 Å². The Hall–Kier alpha value is -0.480. The molecule has 0 N–H and O–H groups in total. The Bertz CT molecular complexity index is 246. The predicted octanol–water partition coefficient (Wildman–Crippen LogP) is 3.26. The van der Waals surface area contributed by atoms with Gasteiger partial charge in [0.2, 0.25) is 0 Å². The highest BCUT2D eigenvalue weighted by Crippen LogP contribution is 2.28. The van der Waals surface area contributed by atoms with Gasteiger partial charge in [0, 0.05) is 5.92 Å². The van der Waals surface area contributed by atoms with Crippen molar-refractivity contribution in [3.63, 3.8) is 0 Å². The van der Waals surface area contributed by atoms with E-state index >= 15 is 0 Å². The SMILES string of the molecule is C[C]1CCC(C#CCN2CCCCC2)CC1. The summed E-state index contributed by atoms with van der Waals surface area (Å²) in [5.41, 5.74) is 0. The summed E-state index contributed by atoms with van der Waals surface area (Å²) in [5, 5.41) is 0. The molecular formula is C15H24N. The zero-order valence-corrected chi connectivity index (χ0v) is 10.6. The Labute approximate surface area is 101 Å². The number of likely N-dealkylation sites (tertiary alicyclic amines) is 1. The molecule has 0 unspecified atom stereocenters. The minimum absolute atomic E-state index is 0.688. The van der Waals surface area contributed by atoms with Crippen molar-refractivity contribution in [2.24, 2.45) is 5.92 Å². The van der Waals surface area contributed by atoms with Crippen LogP contribution in [0.25, 0.3) is 0 Å². The predicted molar refractivity (Wildman–Crippen MR) is 68.9 cm³/mol. The fraction of sp³-hybridized carbons (Fsp3) is 0.800. The van der Waals surface area contributed by atoms with Gasteiger partial charge in [-0.25, -0.2) is 0 Å². The first-order valence-electron chi connectivity index (χ1n) is 6.86. The molecule has 0 atom stereocenters. The van der Waals surface area contributed by atoms with Crippen LogP contribution in [-0.2, 0) is 0 Å². The molecule has 1 radical (unpaired) electrons. The fourth-order valence-corrected chi connectivity index (χ4v) is 2.67. The maximum atomic E-state index is 3.48. The van der Waals surface area contributed by atoms with Crippen molar-refractivity contribution >= 4 is 0 Å². The average molecular weight is 218 g/mol. The lowest BCUT2D eigenvalue weighted by molar-refractivity contribution is 0.255. The number of rotatable bonds is 1. The van der Waals surface area contributed by atoms with Crippen LogP contribution in [0.1, 0.15) is 51.9 Å². The zero-order valence-electron chi connectivity index (χ0n) is 10.6. The molecule has 0 aromatic rings. The molecule has 1 saturated heterocycles. The topological polar surface area (TPSA) is 3.24 Å². The zero-order chi connectivity index (χ0) is 11.2. The Morgan fingerprint density at radius 3 is 2.50 bits per heavy atom. The number of hydrogen-bond acceptors (Lipinski definition) is 1. The third-order valence-electron chi connectivity index (χ3n) is 3.90. The molecular weight excluding hydrogens is 194 g/mol. The van der Waals surface area contributed by atoms with E-state index in [-0.39, 0.29) is 0 Å². The third kappa shape index (κ3) is 3.83. The molecule has 1 saturated carbocycles. The van der Waals surface area contributed by atoms with Crippen LogP contribution in [0.5, 0.6) is 0 Å². The van der Waals surface area contributed by atoms with Crippen LogP contribution in [-0.4, -0.2) is 24.5 Å². The van der Waals surface area contributed by atoms with Crippen LogP contribution in [0.15, 0.2) is 0 Å². The summed E-state index contributed by atoms with van der Waals surface area (Å²) in [7, 11) is 0. The van der Waals surface area contributed by atoms with Gasteiger partial charge in [-0.15, -0.1) is 0 Å². The maximum Gasteiger partial charge on any atom is 0.0601 e. The Kier molecular flexibility index (Phi) is 4.72. The molecule has 0 aromatic carbocycles. The van der Waals surface area contributed by atoms with Gasteiger partial charge in [0.15, 0.2) is 0 Å². The van der Waals surface area contributed by atoms with Crippen molar-refractivity contribution in [2.75, 3.05) is 19.6 Å². The molecule has 0 bridgehead atoms. The van der Waals surface area contributed by atoms with Crippen molar-refractivity contribution in [1.82, 2.24) is 4.90 Å². The first kappa shape index (κ1) is 12.0. The standard InChI is InChI=1S/C15H24N/c1-14-7-9-15(10-8-14)6-5-13-16-11-3-2-4-12-16/h15H,2-4,7-13H2,1H3. The van der Waals surface area contributed by atoms with Gasteiger partial charge in [-0.05, 0) is 57.5 Å². The molecule has 1 aliphatic heterocycles. The summed E-state index contributed by atoms with van der Waals surface area (Å²) in [6.07, 6.45) is 9.39. The second kappa shape index (κ2) is 6.30. The summed E-state index contributed by atoms with van der Waals surface area (Å²) >= 11 is 0. The van der Waals surface area contributed by atoms with E-state index < -0.39 is 0 Å². The highest BCUT2D eigenvalue weighted by molar-refractivity contribution is 5.08. The van der Waals surface area contributed by atoms with Crippen LogP contribution in [0.4, 0.5) is 0 Å². The molecule has 0 amide bonds. The van der Waals surface area contributed by atoms with Gasteiger partial charge in [0.1, 0.15) is 0 Å². The summed E-state index contributed by atoms with van der Waals surface area (Å²) < 4.78 is 0. The van der Waals surface area contributed by atoms with Crippen molar-refractivity contribution in [3.8, 4) is 11.8 Å². The number of piperidine rings is 1. The summed E-state index contributed by atoms with van der Waals surface area (Å²) in [5.74, 6) is 9.25. The van der Waals surface area contributed by atoms with Gasteiger partial charge in [0.25, 0.3) is 0 Å². The third-order valence-corrected chi connectivity index (χ3v) is 3.90. The average Bonchev–Trinajstić information content (AvgIpc) is 2.33. The molecule has 1 heteroatoms. The highest BCUT2D eigenvalue weighted by Gasteiger charge is 2.16. The van der Waals surface area contributed by atoms with E-state index in [9.17, 15) is 0 Å². The lowest BCUT2D eigenvalue weighted by Crippen LogP contribution is -2.29. The van der Waals surface area contributed by atoms with Crippen LogP contribution >= 0.6 is 0 Å². The van der Waals surface area contributed by atoms with E-state index in [4.69, 9.17) is 0 Å². The molecule has 89 valence electrons. The normalized spacial score (nSPS) is 25.1. The van der Waals surface area contributed by atoms with E-state index in [0.717, 1.165) is 6.54 Å². The van der Waals surface area contributed by atoms with Crippen molar-refractivity contribution in [2.45, 2.75) is 51.9 Å². The Morgan fingerprint density at radius 1 is 1.12 bits per heavy atom.